The van der Waals surface area contributed by atoms with Crippen LogP contribution in [-0.2, 0) is 4.74 Å². The fraction of sp³-hybridized carbons (Fsp3) is 1.00. The van der Waals surface area contributed by atoms with Gasteiger partial charge < -0.3 is 10.1 Å². The molecule has 0 bridgehead atoms. The van der Waals surface area contributed by atoms with Crippen molar-refractivity contribution in [1.82, 2.24) is 5.32 Å². The van der Waals surface area contributed by atoms with Gasteiger partial charge in [-0.05, 0) is 63.8 Å². The predicted octanol–water partition coefficient (Wildman–Crippen LogP) is 2.97. The van der Waals surface area contributed by atoms with Crippen molar-refractivity contribution < 1.29 is 4.74 Å². The third-order valence-corrected chi connectivity index (χ3v) is 4.54. The Kier molecular flexibility index (Phi) is 4.26. The van der Waals surface area contributed by atoms with Crippen molar-refractivity contribution >= 4 is 0 Å². The smallest absolute Gasteiger partial charge is 0.0469 e. The Morgan fingerprint density at radius 2 is 1.75 bits per heavy atom. The molecule has 0 amide bonds. The summed E-state index contributed by atoms with van der Waals surface area (Å²) in [4.78, 5) is 0. The van der Waals surface area contributed by atoms with Crippen LogP contribution in [0.1, 0.15) is 52.4 Å². The van der Waals surface area contributed by atoms with E-state index in [2.05, 4.69) is 19.2 Å². The number of rotatable bonds is 3. The number of hydrogen-bond acceptors (Lipinski definition) is 2. The Bertz CT molecular complexity index is 203. The van der Waals surface area contributed by atoms with Gasteiger partial charge >= 0.3 is 0 Å². The molecule has 2 rings (SSSR count). The van der Waals surface area contributed by atoms with E-state index >= 15 is 0 Å². The zero-order valence-electron chi connectivity index (χ0n) is 10.9. The molecular weight excluding hydrogens is 198 g/mol. The lowest BCUT2D eigenvalue weighted by Gasteiger charge is -2.38. The van der Waals surface area contributed by atoms with Gasteiger partial charge in [0.25, 0.3) is 0 Å². The van der Waals surface area contributed by atoms with Gasteiger partial charge in [-0.1, -0.05) is 6.92 Å². The summed E-state index contributed by atoms with van der Waals surface area (Å²) in [6.45, 7) is 7.95. The molecule has 1 saturated heterocycles. The van der Waals surface area contributed by atoms with Crippen LogP contribution in [0.15, 0.2) is 0 Å². The lowest BCUT2D eigenvalue weighted by molar-refractivity contribution is 0.0618. The van der Waals surface area contributed by atoms with E-state index < -0.39 is 0 Å². The summed E-state index contributed by atoms with van der Waals surface area (Å²) in [5, 5.41) is 3.83. The van der Waals surface area contributed by atoms with Gasteiger partial charge in [-0.25, -0.2) is 0 Å². The molecule has 94 valence electrons. The Labute approximate surface area is 100 Å². The minimum Gasteiger partial charge on any atom is -0.381 e. The predicted molar refractivity (Wildman–Crippen MR) is 67.6 cm³/mol. The molecule has 0 aromatic rings. The summed E-state index contributed by atoms with van der Waals surface area (Å²) in [6, 6.07) is 0. The van der Waals surface area contributed by atoms with Crippen LogP contribution in [0.3, 0.4) is 0 Å². The van der Waals surface area contributed by atoms with Crippen LogP contribution in [0.2, 0.25) is 0 Å². The van der Waals surface area contributed by atoms with Gasteiger partial charge in [0.2, 0.25) is 0 Å². The molecule has 2 heteroatoms. The normalized spacial score (nSPS) is 37.5. The van der Waals surface area contributed by atoms with Gasteiger partial charge in [0.05, 0.1) is 0 Å². The molecule has 2 fully saturated rings. The molecule has 16 heavy (non-hydrogen) atoms. The summed E-state index contributed by atoms with van der Waals surface area (Å²) in [6.07, 6.45) is 8.02. The van der Waals surface area contributed by atoms with Crippen molar-refractivity contribution in [2.75, 3.05) is 19.8 Å². The molecule has 2 nitrogen and oxygen atoms in total. The topological polar surface area (TPSA) is 21.3 Å². The SMILES string of the molecule is CC1CCC(C)(NCC2CCOCC2)CC1. The van der Waals surface area contributed by atoms with E-state index in [1.54, 1.807) is 0 Å². The minimum atomic E-state index is 0.421. The maximum Gasteiger partial charge on any atom is 0.0469 e. The molecule has 1 saturated carbocycles. The van der Waals surface area contributed by atoms with E-state index in [1.807, 2.05) is 0 Å². The van der Waals surface area contributed by atoms with Gasteiger partial charge in [0.1, 0.15) is 0 Å². The zero-order valence-corrected chi connectivity index (χ0v) is 10.9. The monoisotopic (exact) mass is 225 g/mol. The van der Waals surface area contributed by atoms with E-state index in [0.29, 0.717) is 5.54 Å². The van der Waals surface area contributed by atoms with Gasteiger partial charge in [0.15, 0.2) is 0 Å². The van der Waals surface area contributed by atoms with Crippen molar-refractivity contribution in [3.63, 3.8) is 0 Å². The highest BCUT2D eigenvalue weighted by Crippen LogP contribution is 2.31. The second-order valence-corrected chi connectivity index (χ2v) is 6.18. The zero-order chi connectivity index (χ0) is 11.4. The van der Waals surface area contributed by atoms with Crippen LogP contribution in [0.25, 0.3) is 0 Å². The van der Waals surface area contributed by atoms with Crippen molar-refractivity contribution in [2.24, 2.45) is 11.8 Å². The van der Waals surface area contributed by atoms with Crippen molar-refractivity contribution in [2.45, 2.75) is 57.9 Å². The van der Waals surface area contributed by atoms with E-state index in [1.165, 1.54) is 45.1 Å². The minimum absolute atomic E-state index is 0.421. The van der Waals surface area contributed by atoms with Gasteiger partial charge in [-0.15, -0.1) is 0 Å². The first kappa shape index (κ1) is 12.4. The largest absolute Gasteiger partial charge is 0.381 e. The third kappa shape index (κ3) is 3.46. The fourth-order valence-corrected chi connectivity index (χ4v) is 2.92. The van der Waals surface area contributed by atoms with Crippen LogP contribution in [0, 0.1) is 11.8 Å². The highest BCUT2D eigenvalue weighted by atomic mass is 16.5. The fourth-order valence-electron chi connectivity index (χ4n) is 2.92. The number of ether oxygens (including phenoxy) is 1. The maximum atomic E-state index is 5.40. The Balaban J connectivity index is 1.71. The maximum absolute atomic E-state index is 5.40. The molecule has 0 spiro atoms. The molecule has 2 aliphatic rings. The van der Waals surface area contributed by atoms with E-state index in [4.69, 9.17) is 4.74 Å². The Morgan fingerprint density at radius 1 is 1.12 bits per heavy atom. The first-order chi connectivity index (χ1) is 7.68. The molecule has 1 aliphatic carbocycles. The van der Waals surface area contributed by atoms with Gasteiger partial charge in [-0.2, -0.15) is 0 Å². The molecule has 0 radical (unpaired) electrons. The van der Waals surface area contributed by atoms with Crippen molar-refractivity contribution in [1.29, 1.82) is 0 Å². The molecule has 0 unspecified atom stereocenters. The third-order valence-electron chi connectivity index (χ3n) is 4.54. The number of nitrogens with one attached hydrogen (secondary N) is 1. The average molecular weight is 225 g/mol. The molecule has 0 aromatic carbocycles. The van der Waals surface area contributed by atoms with Gasteiger partial charge in [0, 0.05) is 18.8 Å². The second-order valence-electron chi connectivity index (χ2n) is 6.18. The van der Waals surface area contributed by atoms with E-state index in [-0.39, 0.29) is 0 Å². The van der Waals surface area contributed by atoms with Crippen LogP contribution in [0.5, 0.6) is 0 Å². The highest BCUT2D eigenvalue weighted by Gasteiger charge is 2.29. The Hall–Kier alpha value is -0.0800. The molecule has 1 aliphatic heterocycles. The van der Waals surface area contributed by atoms with E-state index in [9.17, 15) is 0 Å². The summed E-state index contributed by atoms with van der Waals surface area (Å²) in [7, 11) is 0. The van der Waals surface area contributed by atoms with Crippen molar-refractivity contribution in [3.05, 3.63) is 0 Å². The summed E-state index contributed by atoms with van der Waals surface area (Å²) in [5.41, 5.74) is 0.421. The van der Waals surface area contributed by atoms with Crippen molar-refractivity contribution in [3.8, 4) is 0 Å². The lowest BCUT2D eigenvalue weighted by Crippen LogP contribution is -2.47. The van der Waals surface area contributed by atoms with Crippen LogP contribution >= 0.6 is 0 Å². The molecule has 0 aromatic heterocycles. The summed E-state index contributed by atoms with van der Waals surface area (Å²) in [5.74, 6) is 1.79. The quantitative estimate of drug-likeness (QED) is 0.797. The lowest BCUT2D eigenvalue weighted by atomic mass is 9.78. The molecule has 0 atom stereocenters. The Morgan fingerprint density at radius 3 is 2.38 bits per heavy atom. The summed E-state index contributed by atoms with van der Waals surface area (Å²) >= 11 is 0. The average Bonchev–Trinajstić information content (AvgIpc) is 2.33. The molecule has 1 N–H and O–H groups in total. The van der Waals surface area contributed by atoms with Crippen LogP contribution in [-0.4, -0.2) is 25.3 Å². The molecule has 1 heterocycles. The highest BCUT2D eigenvalue weighted by molar-refractivity contribution is 4.88. The first-order valence-electron chi connectivity index (χ1n) is 7.01. The van der Waals surface area contributed by atoms with E-state index in [0.717, 1.165) is 25.0 Å². The van der Waals surface area contributed by atoms with Crippen LogP contribution < -0.4 is 5.32 Å². The standard InChI is InChI=1S/C14H27NO/c1-12-3-7-14(2,8-4-12)15-11-13-5-9-16-10-6-13/h12-13,15H,3-11H2,1-2H3. The molecular formula is C14H27NO. The summed E-state index contributed by atoms with van der Waals surface area (Å²) < 4.78 is 5.40. The number of hydrogen-bond donors (Lipinski definition) is 1. The van der Waals surface area contributed by atoms with Gasteiger partial charge in [-0.3, -0.25) is 0 Å². The second kappa shape index (κ2) is 5.50. The van der Waals surface area contributed by atoms with Crippen LogP contribution in [0.4, 0.5) is 0 Å². The first-order valence-corrected chi connectivity index (χ1v) is 7.01.